The zero-order valence-corrected chi connectivity index (χ0v) is 21.7. The average Bonchev–Trinajstić information content (AvgIpc) is 3.03. The van der Waals surface area contributed by atoms with E-state index in [0.717, 1.165) is 0 Å². The van der Waals surface area contributed by atoms with E-state index in [0.29, 0.717) is 43.4 Å². The minimum atomic E-state index is -0.903. The summed E-state index contributed by atoms with van der Waals surface area (Å²) in [7, 11) is 2.65. The third-order valence-electron chi connectivity index (χ3n) is 7.40. The second kappa shape index (κ2) is 8.62. The van der Waals surface area contributed by atoms with Crippen molar-refractivity contribution in [3.05, 3.63) is 43.7 Å². The van der Waals surface area contributed by atoms with Crippen LogP contribution in [0.4, 0.5) is 0 Å². The molecule has 10 nitrogen and oxygen atoms in total. The Kier molecular flexibility index (Phi) is 5.53. The first-order valence-electron chi connectivity index (χ1n) is 12.4. The van der Waals surface area contributed by atoms with Crippen LogP contribution in [-0.4, -0.2) is 53.6 Å². The molecule has 39 heavy (non-hydrogen) atoms. The van der Waals surface area contributed by atoms with Gasteiger partial charge in [-0.1, -0.05) is 0 Å². The quantitative estimate of drug-likeness (QED) is 0.189. The molecule has 0 spiro atoms. The summed E-state index contributed by atoms with van der Waals surface area (Å²) < 4.78 is 22.8. The maximum atomic E-state index is 13.8. The molecule has 0 aromatic heterocycles. The Morgan fingerprint density at radius 1 is 0.692 bits per heavy atom. The fraction of sp³-hybridized carbons (Fsp3) is 0.310. The Hall–Kier alpha value is -4.28. The Morgan fingerprint density at radius 2 is 1.08 bits per heavy atom. The minimum Gasteiger partial charge on any atom is -0.507 e. The summed E-state index contributed by atoms with van der Waals surface area (Å²) in [5, 5.41) is 45.4. The molecule has 1 heterocycles. The molecular formula is C29H26O10. The molecule has 0 bridgehead atoms. The topological polar surface area (TPSA) is 152 Å². The van der Waals surface area contributed by atoms with Gasteiger partial charge in [0.2, 0.25) is 17.7 Å². The van der Waals surface area contributed by atoms with Crippen molar-refractivity contribution in [1.82, 2.24) is 0 Å². The normalized spacial score (nSPS) is 14.6. The van der Waals surface area contributed by atoms with Gasteiger partial charge in [0, 0.05) is 57.6 Å². The SMILES string of the molecule is COc1c(CC(C)O)c2c3c(CC(C)O)c(OC)c(=O)c4c(O)cc5c(c6c(cc(O)c(c1=O)c62)OCO5)c43. The zero-order valence-electron chi connectivity index (χ0n) is 21.7. The standard InChI is InChI=1S/C29H26O10/c1-10(30)5-12-18-19-13(6-11(2)31)29(37-4)27(35)21-15(33)8-17-23(25(19)21)22-16(38-9-39-17)7-14(32)20(24(18)22)26(34)28(12)36-3/h7-8,10-11,30-33H,5-6,9H2,1-4H3. The Balaban J connectivity index is 2.13. The summed E-state index contributed by atoms with van der Waals surface area (Å²) >= 11 is 0. The molecule has 0 fully saturated rings. The number of hydrogen-bond donors (Lipinski definition) is 4. The second-order valence-electron chi connectivity index (χ2n) is 9.98. The number of phenolic OH excluding ortho intramolecular Hbond substituents is 2. The Bertz CT molecular complexity index is 1790. The molecule has 0 radical (unpaired) electrons. The molecule has 0 aliphatic carbocycles. The summed E-state index contributed by atoms with van der Waals surface area (Å²) in [6.45, 7) is 2.87. The lowest BCUT2D eigenvalue weighted by atomic mass is 9.82. The molecule has 4 N–H and O–H groups in total. The van der Waals surface area contributed by atoms with Gasteiger partial charge in [-0.2, -0.15) is 0 Å². The van der Waals surface area contributed by atoms with Gasteiger partial charge in [-0.25, -0.2) is 0 Å². The highest BCUT2D eigenvalue weighted by Gasteiger charge is 2.33. The number of hydrogen-bond acceptors (Lipinski definition) is 10. The van der Waals surface area contributed by atoms with Gasteiger partial charge < -0.3 is 39.4 Å². The van der Waals surface area contributed by atoms with Gasteiger partial charge >= 0.3 is 0 Å². The van der Waals surface area contributed by atoms with Crippen LogP contribution in [0.3, 0.4) is 0 Å². The summed E-state index contributed by atoms with van der Waals surface area (Å²) in [4.78, 5) is 27.6. The van der Waals surface area contributed by atoms with Crippen molar-refractivity contribution in [2.24, 2.45) is 0 Å². The molecule has 0 saturated heterocycles. The lowest BCUT2D eigenvalue weighted by Gasteiger charge is -2.24. The van der Waals surface area contributed by atoms with Gasteiger partial charge in [0.25, 0.3) is 0 Å². The van der Waals surface area contributed by atoms with Crippen LogP contribution in [0.2, 0.25) is 0 Å². The number of benzene rings is 5. The molecular weight excluding hydrogens is 508 g/mol. The fourth-order valence-corrected chi connectivity index (χ4v) is 6.12. The average molecular weight is 535 g/mol. The maximum Gasteiger partial charge on any atom is 0.232 e. The number of aliphatic hydroxyl groups excluding tert-OH is 2. The number of fused-ring (bicyclic) bond motifs is 1. The highest BCUT2D eigenvalue weighted by atomic mass is 16.7. The first kappa shape index (κ1) is 25.0. The van der Waals surface area contributed by atoms with Gasteiger partial charge in [-0.15, -0.1) is 0 Å². The molecule has 1 aliphatic heterocycles. The Labute approximate surface area is 220 Å². The molecule has 2 atom stereocenters. The van der Waals surface area contributed by atoms with Crippen LogP contribution in [0.15, 0.2) is 21.7 Å². The van der Waals surface area contributed by atoms with Crippen LogP contribution in [0.5, 0.6) is 34.5 Å². The van der Waals surface area contributed by atoms with E-state index in [9.17, 15) is 30.0 Å². The monoisotopic (exact) mass is 534 g/mol. The molecule has 0 saturated carbocycles. The molecule has 1 aliphatic rings. The van der Waals surface area contributed by atoms with Crippen LogP contribution < -0.4 is 29.8 Å². The minimum absolute atomic E-state index is 0.0104. The number of aliphatic hydroxyl groups is 2. The van der Waals surface area contributed by atoms with Crippen LogP contribution in [-0.2, 0) is 12.8 Å². The van der Waals surface area contributed by atoms with Crippen LogP contribution in [0.1, 0.15) is 25.0 Å². The number of aromatic hydroxyl groups is 2. The van der Waals surface area contributed by atoms with E-state index in [2.05, 4.69) is 0 Å². The van der Waals surface area contributed by atoms with E-state index in [1.165, 1.54) is 26.4 Å². The van der Waals surface area contributed by atoms with E-state index in [1.54, 1.807) is 13.8 Å². The molecule has 6 rings (SSSR count). The summed E-state index contributed by atoms with van der Waals surface area (Å²) in [6.07, 6.45) is -1.83. The highest BCUT2D eigenvalue weighted by Crippen LogP contribution is 2.54. The maximum absolute atomic E-state index is 13.8. The molecule has 0 amide bonds. The Morgan fingerprint density at radius 3 is 1.41 bits per heavy atom. The second-order valence-corrected chi connectivity index (χ2v) is 9.98. The smallest absolute Gasteiger partial charge is 0.232 e. The highest BCUT2D eigenvalue weighted by molar-refractivity contribution is 6.38. The number of ether oxygens (including phenoxy) is 4. The van der Waals surface area contributed by atoms with E-state index in [-0.39, 0.29) is 64.9 Å². The summed E-state index contributed by atoms with van der Waals surface area (Å²) in [5.74, 6) is -0.420. The van der Waals surface area contributed by atoms with Crippen molar-refractivity contribution in [3.8, 4) is 34.5 Å². The van der Waals surface area contributed by atoms with E-state index >= 15 is 0 Å². The molecule has 5 aromatic rings. The van der Waals surface area contributed by atoms with Gasteiger partial charge in [0.05, 0.1) is 37.2 Å². The molecule has 2 unspecified atom stereocenters. The first-order chi connectivity index (χ1) is 18.6. The zero-order chi connectivity index (χ0) is 27.9. The van der Waals surface area contributed by atoms with Crippen molar-refractivity contribution in [3.63, 3.8) is 0 Å². The number of phenols is 2. The van der Waals surface area contributed by atoms with Crippen molar-refractivity contribution in [2.75, 3.05) is 21.0 Å². The first-order valence-corrected chi connectivity index (χ1v) is 12.4. The summed E-state index contributed by atoms with van der Waals surface area (Å²) in [5.41, 5.74) is -0.483. The van der Waals surface area contributed by atoms with Crippen LogP contribution in [0.25, 0.3) is 43.1 Å². The predicted molar refractivity (Wildman–Crippen MR) is 145 cm³/mol. The fourth-order valence-electron chi connectivity index (χ4n) is 6.12. The van der Waals surface area contributed by atoms with Gasteiger partial charge in [0.1, 0.15) is 23.0 Å². The van der Waals surface area contributed by atoms with Crippen molar-refractivity contribution >= 4 is 43.1 Å². The van der Waals surface area contributed by atoms with Crippen molar-refractivity contribution in [1.29, 1.82) is 0 Å². The lowest BCUT2D eigenvalue weighted by molar-refractivity contribution is 0.125. The predicted octanol–water partition coefficient (Wildman–Crippen LogP) is 2.90. The lowest BCUT2D eigenvalue weighted by Crippen LogP contribution is -2.17. The molecule has 5 aromatic carbocycles. The van der Waals surface area contributed by atoms with Crippen LogP contribution >= 0.6 is 0 Å². The van der Waals surface area contributed by atoms with Crippen molar-refractivity contribution < 1.29 is 39.4 Å². The van der Waals surface area contributed by atoms with Crippen molar-refractivity contribution in [2.45, 2.75) is 38.9 Å². The van der Waals surface area contributed by atoms with Gasteiger partial charge in [0.15, 0.2) is 11.5 Å². The number of rotatable bonds is 6. The molecule has 10 heteroatoms. The van der Waals surface area contributed by atoms with E-state index in [1.807, 2.05) is 0 Å². The van der Waals surface area contributed by atoms with Gasteiger partial charge in [-0.3, -0.25) is 9.59 Å². The van der Waals surface area contributed by atoms with Crippen LogP contribution in [0, 0.1) is 0 Å². The third kappa shape index (κ3) is 3.28. The van der Waals surface area contributed by atoms with Gasteiger partial charge in [-0.05, 0) is 24.6 Å². The van der Waals surface area contributed by atoms with E-state index in [4.69, 9.17) is 18.9 Å². The third-order valence-corrected chi connectivity index (χ3v) is 7.40. The number of methoxy groups -OCH3 is 2. The largest absolute Gasteiger partial charge is 0.507 e. The van der Waals surface area contributed by atoms with E-state index < -0.39 is 23.1 Å². The summed E-state index contributed by atoms with van der Waals surface area (Å²) in [6, 6.07) is 2.63. The molecule has 202 valence electrons.